The van der Waals surface area contributed by atoms with Gasteiger partial charge in [0.05, 0.1) is 24.3 Å². The van der Waals surface area contributed by atoms with E-state index in [1.54, 1.807) is 19.2 Å². The molecular weight excluding hydrogens is 386 g/mol. The first-order chi connectivity index (χ1) is 14.5. The molecule has 2 amide bonds. The van der Waals surface area contributed by atoms with Gasteiger partial charge in [-0.2, -0.15) is 4.98 Å². The minimum atomic E-state index is -0.854. The van der Waals surface area contributed by atoms with Gasteiger partial charge in [0.25, 0.3) is 5.56 Å². The number of carbonyl (C=O) groups excluding carboxylic acids is 2. The summed E-state index contributed by atoms with van der Waals surface area (Å²) in [7, 11) is 1.54. The standard InChI is InChI=1S/C21H25N5O4/c1-30-15-10-6-5-9-14(15)23-21-25-18-17(20(29)26-21)13(11-16(27)24-18)19(28)22-12-7-3-2-4-8-12/h5-6,9-10,12-13H,2-4,7-8,11H2,1H3,(H,22,28)(H3,23,24,25,26,27,29). The zero-order valence-electron chi connectivity index (χ0n) is 16.8. The van der Waals surface area contributed by atoms with Gasteiger partial charge in [-0.1, -0.05) is 31.4 Å². The lowest BCUT2D eigenvalue weighted by Crippen LogP contribution is -2.43. The molecule has 1 unspecified atom stereocenters. The van der Waals surface area contributed by atoms with Gasteiger partial charge in [-0.15, -0.1) is 0 Å². The van der Waals surface area contributed by atoms with Crippen molar-refractivity contribution in [1.29, 1.82) is 0 Å². The number of nitrogens with zero attached hydrogens (tertiary/aromatic N) is 1. The fourth-order valence-corrected chi connectivity index (χ4v) is 4.08. The number of ether oxygens (including phenoxy) is 1. The second-order valence-electron chi connectivity index (χ2n) is 7.65. The van der Waals surface area contributed by atoms with E-state index in [0.717, 1.165) is 25.7 Å². The van der Waals surface area contributed by atoms with Crippen molar-refractivity contribution in [3.63, 3.8) is 0 Å². The number of carbonyl (C=O) groups is 2. The van der Waals surface area contributed by atoms with Crippen molar-refractivity contribution in [2.45, 2.75) is 50.5 Å². The van der Waals surface area contributed by atoms with Crippen LogP contribution in [0.1, 0.15) is 50.0 Å². The highest BCUT2D eigenvalue weighted by Gasteiger charge is 2.35. The molecule has 0 radical (unpaired) electrons. The Hall–Kier alpha value is -3.36. The van der Waals surface area contributed by atoms with Gasteiger partial charge in [0.2, 0.25) is 17.8 Å². The number of nitrogens with one attached hydrogen (secondary N) is 4. The maximum Gasteiger partial charge on any atom is 0.258 e. The maximum atomic E-state index is 12.9. The van der Waals surface area contributed by atoms with E-state index in [9.17, 15) is 14.4 Å². The SMILES string of the molecule is COc1ccccc1Nc1nc2c(c(=O)[nH]1)C(C(=O)NC1CCCCC1)CC(=O)N2. The van der Waals surface area contributed by atoms with Crippen LogP contribution in [0.5, 0.6) is 5.75 Å². The molecule has 158 valence electrons. The third kappa shape index (κ3) is 4.14. The number of benzene rings is 1. The summed E-state index contributed by atoms with van der Waals surface area (Å²) in [5.41, 5.74) is 0.339. The molecule has 1 saturated carbocycles. The van der Waals surface area contributed by atoms with E-state index < -0.39 is 11.5 Å². The Morgan fingerprint density at radius 3 is 2.70 bits per heavy atom. The van der Waals surface area contributed by atoms with Crippen LogP contribution in [0.2, 0.25) is 0 Å². The van der Waals surface area contributed by atoms with Gasteiger partial charge in [-0.05, 0) is 25.0 Å². The Labute approximate surface area is 173 Å². The number of H-pyrrole nitrogens is 1. The molecule has 4 rings (SSSR count). The van der Waals surface area contributed by atoms with Crippen LogP contribution in [0.4, 0.5) is 17.5 Å². The van der Waals surface area contributed by atoms with Crippen molar-refractivity contribution in [1.82, 2.24) is 15.3 Å². The first kappa shape index (κ1) is 19.9. The molecule has 1 atom stereocenters. The number of aromatic nitrogens is 2. The van der Waals surface area contributed by atoms with E-state index in [2.05, 4.69) is 25.9 Å². The lowest BCUT2D eigenvalue weighted by molar-refractivity contribution is -0.127. The second-order valence-corrected chi connectivity index (χ2v) is 7.65. The smallest absolute Gasteiger partial charge is 0.258 e. The zero-order chi connectivity index (χ0) is 21.1. The average Bonchev–Trinajstić information content (AvgIpc) is 2.74. The third-order valence-corrected chi connectivity index (χ3v) is 5.58. The Morgan fingerprint density at radius 1 is 1.17 bits per heavy atom. The van der Waals surface area contributed by atoms with Crippen molar-refractivity contribution < 1.29 is 14.3 Å². The van der Waals surface area contributed by atoms with Crippen LogP contribution < -0.4 is 26.2 Å². The van der Waals surface area contributed by atoms with Crippen molar-refractivity contribution in [3.8, 4) is 5.75 Å². The van der Waals surface area contributed by atoms with E-state index in [1.165, 1.54) is 6.42 Å². The van der Waals surface area contributed by atoms with Gasteiger partial charge >= 0.3 is 0 Å². The Bertz CT molecular complexity index is 1010. The Morgan fingerprint density at radius 2 is 1.93 bits per heavy atom. The summed E-state index contributed by atoms with van der Waals surface area (Å²) in [4.78, 5) is 45.0. The fraction of sp³-hybridized carbons (Fsp3) is 0.429. The van der Waals surface area contributed by atoms with Gasteiger partial charge in [0.15, 0.2) is 0 Å². The highest BCUT2D eigenvalue weighted by atomic mass is 16.5. The van der Waals surface area contributed by atoms with Crippen LogP contribution in [0.3, 0.4) is 0 Å². The molecule has 9 nitrogen and oxygen atoms in total. The normalized spacial score (nSPS) is 18.8. The number of fused-ring (bicyclic) bond motifs is 1. The van der Waals surface area contributed by atoms with E-state index in [4.69, 9.17) is 4.74 Å². The number of aromatic amines is 1. The predicted molar refractivity (Wildman–Crippen MR) is 112 cm³/mol. The summed E-state index contributed by atoms with van der Waals surface area (Å²) in [6, 6.07) is 7.28. The lowest BCUT2D eigenvalue weighted by Gasteiger charge is -2.28. The molecule has 0 saturated heterocycles. The number of methoxy groups -OCH3 is 1. The Kier molecular flexibility index (Phi) is 5.69. The van der Waals surface area contributed by atoms with Gasteiger partial charge < -0.3 is 20.7 Å². The molecule has 0 bridgehead atoms. The molecule has 1 fully saturated rings. The highest BCUT2D eigenvalue weighted by molar-refractivity contribution is 6.00. The van der Waals surface area contributed by atoms with Crippen LogP contribution >= 0.6 is 0 Å². The molecular formula is C21H25N5O4. The van der Waals surface area contributed by atoms with Crippen LogP contribution in [0.25, 0.3) is 0 Å². The largest absolute Gasteiger partial charge is 0.495 e. The van der Waals surface area contributed by atoms with E-state index in [-0.39, 0.29) is 41.6 Å². The van der Waals surface area contributed by atoms with Crippen molar-refractivity contribution in [3.05, 3.63) is 40.2 Å². The van der Waals surface area contributed by atoms with Crippen LogP contribution in [0.15, 0.2) is 29.1 Å². The molecule has 2 aromatic rings. The minimum Gasteiger partial charge on any atom is -0.495 e. The number of rotatable bonds is 5. The number of anilines is 3. The summed E-state index contributed by atoms with van der Waals surface area (Å²) in [6.45, 7) is 0. The van der Waals surface area contributed by atoms with Crippen LogP contribution in [0, 0.1) is 0 Å². The first-order valence-electron chi connectivity index (χ1n) is 10.2. The van der Waals surface area contributed by atoms with Crippen LogP contribution in [-0.2, 0) is 9.59 Å². The molecule has 1 aliphatic heterocycles. The first-order valence-corrected chi connectivity index (χ1v) is 10.2. The van der Waals surface area contributed by atoms with Gasteiger partial charge in [-0.3, -0.25) is 19.4 Å². The fourth-order valence-electron chi connectivity index (χ4n) is 4.08. The zero-order valence-corrected chi connectivity index (χ0v) is 16.8. The summed E-state index contributed by atoms with van der Waals surface area (Å²) in [5, 5.41) is 8.63. The van der Waals surface area contributed by atoms with Crippen molar-refractivity contribution in [2.75, 3.05) is 17.7 Å². The molecule has 30 heavy (non-hydrogen) atoms. The predicted octanol–water partition coefficient (Wildman–Crippen LogP) is 2.40. The van der Waals surface area contributed by atoms with Crippen LogP contribution in [-0.4, -0.2) is 34.9 Å². The van der Waals surface area contributed by atoms with Crippen molar-refractivity contribution in [2.24, 2.45) is 0 Å². The Balaban J connectivity index is 1.61. The van der Waals surface area contributed by atoms with Gasteiger partial charge in [0.1, 0.15) is 11.6 Å². The van der Waals surface area contributed by atoms with E-state index in [1.807, 2.05) is 12.1 Å². The molecule has 9 heteroatoms. The summed E-state index contributed by atoms with van der Waals surface area (Å²) in [5.74, 6) is -0.657. The van der Waals surface area contributed by atoms with Gasteiger partial charge in [0, 0.05) is 12.5 Å². The molecule has 2 heterocycles. The van der Waals surface area contributed by atoms with Gasteiger partial charge in [-0.25, -0.2) is 0 Å². The second kappa shape index (κ2) is 8.56. The summed E-state index contributed by atoms with van der Waals surface area (Å²) < 4.78 is 5.29. The number of amides is 2. The number of para-hydroxylation sites is 2. The average molecular weight is 411 g/mol. The number of hydrogen-bond acceptors (Lipinski definition) is 6. The van der Waals surface area contributed by atoms with Crippen molar-refractivity contribution >= 4 is 29.3 Å². The quantitative estimate of drug-likeness (QED) is 0.599. The highest BCUT2D eigenvalue weighted by Crippen LogP contribution is 2.31. The number of hydrogen-bond donors (Lipinski definition) is 4. The molecule has 1 aromatic carbocycles. The molecule has 4 N–H and O–H groups in total. The topological polar surface area (TPSA) is 125 Å². The van der Waals surface area contributed by atoms with E-state index >= 15 is 0 Å². The summed E-state index contributed by atoms with van der Waals surface area (Å²) in [6.07, 6.45) is 5.10. The van der Waals surface area contributed by atoms with E-state index in [0.29, 0.717) is 11.4 Å². The lowest BCUT2D eigenvalue weighted by atomic mass is 9.90. The summed E-state index contributed by atoms with van der Waals surface area (Å²) >= 11 is 0. The monoisotopic (exact) mass is 411 g/mol. The third-order valence-electron chi connectivity index (χ3n) is 5.58. The minimum absolute atomic E-state index is 0.0738. The molecule has 1 aromatic heterocycles. The maximum absolute atomic E-state index is 12.9. The molecule has 1 aliphatic carbocycles. The molecule has 2 aliphatic rings. The molecule has 0 spiro atoms.